The Bertz CT molecular complexity index is 1050. The van der Waals surface area contributed by atoms with E-state index in [9.17, 15) is 0 Å². The van der Waals surface area contributed by atoms with Crippen molar-refractivity contribution in [3.05, 3.63) is 59.2 Å². The van der Waals surface area contributed by atoms with Crippen molar-refractivity contribution in [3.8, 4) is 5.75 Å². The Morgan fingerprint density at radius 3 is 2.58 bits per heavy atom. The molecule has 1 aromatic heterocycles. The summed E-state index contributed by atoms with van der Waals surface area (Å²) in [7, 11) is 1.59. The molecule has 8 nitrogen and oxygen atoms in total. The van der Waals surface area contributed by atoms with E-state index < -0.39 is 0 Å². The summed E-state index contributed by atoms with van der Waals surface area (Å²) in [5, 5.41) is 9.03. The Kier molecular flexibility index (Phi) is 6.41. The van der Waals surface area contributed by atoms with Crippen LogP contribution in [0.1, 0.15) is 5.56 Å². The summed E-state index contributed by atoms with van der Waals surface area (Å²) in [6.45, 7) is 5.46. The Morgan fingerprint density at radius 2 is 1.81 bits per heavy atom. The molecule has 2 aromatic carbocycles. The molecule has 4 N–H and O–H groups in total. The molecule has 0 aliphatic carbocycles. The van der Waals surface area contributed by atoms with E-state index in [0.29, 0.717) is 22.5 Å². The second kappa shape index (κ2) is 9.38. The van der Waals surface area contributed by atoms with E-state index in [-0.39, 0.29) is 0 Å². The molecule has 162 valence electrons. The molecule has 0 bridgehead atoms. The van der Waals surface area contributed by atoms with Crippen LogP contribution in [0.4, 0.5) is 28.8 Å². The first-order valence-corrected chi connectivity index (χ1v) is 10.5. The highest BCUT2D eigenvalue weighted by atomic mass is 35.5. The number of hydrogen-bond acceptors (Lipinski definition) is 8. The topological polar surface area (TPSA) is 91.6 Å². The largest absolute Gasteiger partial charge is 0.495 e. The van der Waals surface area contributed by atoms with Gasteiger partial charge in [0.15, 0.2) is 0 Å². The standard InChI is InChI=1S/C22H26ClN7O/c1-15-14-25-22(28-21(15)26-17-6-7-19(23)20(13-17)31-2)27-16-4-3-5-18(12-16)29-8-10-30(24)11-9-29/h3-7,12-14H,8-11,24H2,1-2H3,(H2,25,26,27,28). The number of nitrogens with two attached hydrogens (primary N) is 1. The van der Waals surface area contributed by atoms with Gasteiger partial charge < -0.3 is 20.3 Å². The molecule has 3 aromatic rings. The maximum atomic E-state index is 6.12. The summed E-state index contributed by atoms with van der Waals surface area (Å²) in [6.07, 6.45) is 1.79. The Morgan fingerprint density at radius 1 is 1.03 bits per heavy atom. The van der Waals surface area contributed by atoms with Gasteiger partial charge in [0.1, 0.15) is 11.6 Å². The van der Waals surface area contributed by atoms with Crippen molar-refractivity contribution in [2.75, 3.05) is 48.8 Å². The van der Waals surface area contributed by atoms with Crippen LogP contribution in [0.15, 0.2) is 48.7 Å². The minimum Gasteiger partial charge on any atom is -0.495 e. The Labute approximate surface area is 187 Å². The van der Waals surface area contributed by atoms with Gasteiger partial charge in [-0.1, -0.05) is 17.7 Å². The molecule has 1 fully saturated rings. The van der Waals surface area contributed by atoms with Gasteiger partial charge in [0, 0.05) is 61.1 Å². The molecule has 1 aliphatic heterocycles. The van der Waals surface area contributed by atoms with E-state index in [2.05, 4.69) is 37.6 Å². The highest BCUT2D eigenvalue weighted by Gasteiger charge is 2.15. The van der Waals surface area contributed by atoms with Gasteiger partial charge in [0.2, 0.25) is 5.95 Å². The summed E-state index contributed by atoms with van der Waals surface area (Å²) in [4.78, 5) is 11.4. The zero-order valence-electron chi connectivity index (χ0n) is 17.6. The lowest BCUT2D eigenvalue weighted by Gasteiger charge is -2.33. The van der Waals surface area contributed by atoms with Gasteiger partial charge in [-0.3, -0.25) is 5.84 Å². The highest BCUT2D eigenvalue weighted by Crippen LogP contribution is 2.30. The normalized spacial score (nSPS) is 14.4. The lowest BCUT2D eigenvalue weighted by molar-refractivity contribution is 0.266. The number of hydrazine groups is 1. The molecule has 9 heteroatoms. The second-order valence-corrected chi connectivity index (χ2v) is 7.81. The number of halogens is 1. The van der Waals surface area contributed by atoms with Crippen molar-refractivity contribution in [2.45, 2.75) is 6.92 Å². The molecule has 0 atom stereocenters. The molecule has 4 rings (SSSR count). The van der Waals surface area contributed by atoms with Crippen LogP contribution in [-0.2, 0) is 0 Å². The summed E-state index contributed by atoms with van der Waals surface area (Å²) in [6, 6.07) is 13.7. The van der Waals surface area contributed by atoms with Crippen molar-refractivity contribution in [1.29, 1.82) is 0 Å². The number of hydrogen-bond donors (Lipinski definition) is 3. The number of benzene rings is 2. The number of piperazine rings is 1. The number of ether oxygens (including phenoxy) is 1. The minimum atomic E-state index is 0.512. The number of nitrogens with zero attached hydrogens (tertiary/aromatic N) is 4. The summed E-state index contributed by atoms with van der Waals surface area (Å²) >= 11 is 6.12. The van der Waals surface area contributed by atoms with Crippen LogP contribution >= 0.6 is 11.6 Å². The zero-order chi connectivity index (χ0) is 21.8. The summed E-state index contributed by atoms with van der Waals surface area (Å²) < 4.78 is 5.29. The zero-order valence-corrected chi connectivity index (χ0v) is 18.4. The fraction of sp³-hybridized carbons (Fsp3) is 0.273. The van der Waals surface area contributed by atoms with Crippen molar-refractivity contribution >= 4 is 40.4 Å². The minimum absolute atomic E-state index is 0.512. The maximum Gasteiger partial charge on any atom is 0.229 e. The van der Waals surface area contributed by atoms with Gasteiger partial charge in [0.05, 0.1) is 12.1 Å². The van der Waals surface area contributed by atoms with Gasteiger partial charge in [-0.15, -0.1) is 0 Å². The van der Waals surface area contributed by atoms with Gasteiger partial charge in [0.25, 0.3) is 0 Å². The highest BCUT2D eigenvalue weighted by molar-refractivity contribution is 6.32. The van der Waals surface area contributed by atoms with Crippen LogP contribution in [-0.4, -0.2) is 48.3 Å². The van der Waals surface area contributed by atoms with E-state index in [1.807, 2.05) is 36.2 Å². The molecule has 2 heterocycles. The van der Waals surface area contributed by atoms with Crippen LogP contribution in [0.3, 0.4) is 0 Å². The van der Waals surface area contributed by atoms with Crippen molar-refractivity contribution < 1.29 is 4.74 Å². The van der Waals surface area contributed by atoms with E-state index in [0.717, 1.165) is 48.8 Å². The van der Waals surface area contributed by atoms with Gasteiger partial charge in [-0.25, -0.2) is 9.99 Å². The van der Waals surface area contributed by atoms with Crippen LogP contribution in [0.25, 0.3) is 0 Å². The monoisotopic (exact) mass is 439 g/mol. The first-order chi connectivity index (χ1) is 15.0. The van der Waals surface area contributed by atoms with Crippen LogP contribution in [0.5, 0.6) is 5.75 Å². The molecule has 0 saturated carbocycles. The molecular weight excluding hydrogens is 414 g/mol. The summed E-state index contributed by atoms with van der Waals surface area (Å²) in [5.41, 5.74) is 3.83. The van der Waals surface area contributed by atoms with E-state index >= 15 is 0 Å². The fourth-order valence-corrected chi connectivity index (χ4v) is 3.59. The van der Waals surface area contributed by atoms with Crippen molar-refractivity contribution in [2.24, 2.45) is 5.84 Å². The molecular formula is C22H26ClN7O. The molecule has 1 saturated heterocycles. The van der Waals surface area contributed by atoms with Gasteiger partial charge >= 0.3 is 0 Å². The predicted molar refractivity (Wildman–Crippen MR) is 126 cm³/mol. The quantitative estimate of drug-likeness (QED) is 0.497. The maximum absolute atomic E-state index is 6.12. The number of methoxy groups -OCH3 is 1. The van der Waals surface area contributed by atoms with Crippen LogP contribution < -0.4 is 26.1 Å². The predicted octanol–water partition coefficient (Wildman–Crippen LogP) is 3.93. The van der Waals surface area contributed by atoms with E-state index in [1.165, 1.54) is 0 Å². The molecule has 0 amide bonds. The number of aromatic nitrogens is 2. The molecule has 0 spiro atoms. The van der Waals surface area contributed by atoms with Crippen LogP contribution in [0.2, 0.25) is 5.02 Å². The van der Waals surface area contributed by atoms with E-state index in [4.69, 9.17) is 22.2 Å². The van der Waals surface area contributed by atoms with Gasteiger partial charge in [-0.05, 0) is 37.3 Å². The second-order valence-electron chi connectivity index (χ2n) is 7.40. The Balaban J connectivity index is 1.50. The lowest BCUT2D eigenvalue weighted by Crippen LogP contribution is -2.49. The third-order valence-corrected chi connectivity index (χ3v) is 5.48. The van der Waals surface area contributed by atoms with E-state index in [1.54, 1.807) is 19.4 Å². The molecule has 0 radical (unpaired) electrons. The average molecular weight is 440 g/mol. The van der Waals surface area contributed by atoms with Crippen LogP contribution in [0, 0.1) is 6.92 Å². The average Bonchev–Trinajstić information content (AvgIpc) is 2.78. The van der Waals surface area contributed by atoms with Crippen molar-refractivity contribution in [1.82, 2.24) is 15.0 Å². The number of aryl methyl sites for hydroxylation is 1. The fourth-order valence-electron chi connectivity index (χ4n) is 3.39. The third kappa shape index (κ3) is 5.16. The molecule has 31 heavy (non-hydrogen) atoms. The lowest BCUT2D eigenvalue weighted by atomic mass is 10.2. The third-order valence-electron chi connectivity index (χ3n) is 5.17. The first kappa shape index (κ1) is 21.2. The SMILES string of the molecule is COc1cc(Nc2nc(Nc3cccc(N4CCN(N)CC4)c3)ncc2C)ccc1Cl. The first-order valence-electron chi connectivity index (χ1n) is 10.1. The number of anilines is 5. The number of rotatable bonds is 6. The molecule has 1 aliphatic rings. The molecule has 0 unspecified atom stereocenters. The van der Waals surface area contributed by atoms with Crippen molar-refractivity contribution in [3.63, 3.8) is 0 Å². The summed E-state index contributed by atoms with van der Waals surface area (Å²) in [5.74, 6) is 7.69. The Hall–Kier alpha value is -3.07. The number of nitrogens with one attached hydrogen (secondary N) is 2. The van der Waals surface area contributed by atoms with Gasteiger partial charge in [-0.2, -0.15) is 4.98 Å². The smallest absolute Gasteiger partial charge is 0.229 e.